The number of ether oxygens (including phenoxy) is 2. The van der Waals surface area contributed by atoms with Crippen LogP contribution in [0.15, 0.2) is 48.1 Å². The molecule has 0 radical (unpaired) electrons. The molecule has 0 bridgehead atoms. The van der Waals surface area contributed by atoms with Crippen molar-refractivity contribution in [2.75, 3.05) is 20.7 Å². The number of hydrogen-bond donors (Lipinski definition) is 0. The van der Waals surface area contributed by atoms with Gasteiger partial charge in [-0.3, -0.25) is 0 Å². The number of hydrogen-bond acceptors (Lipinski definition) is 4. The van der Waals surface area contributed by atoms with Crippen molar-refractivity contribution in [3.05, 3.63) is 48.6 Å². The first-order valence-corrected chi connectivity index (χ1v) is 6.38. The van der Waals surface area contributed by atoms with Crippen LogP contribution in [-0.4, -0.2) is 37.5 Å². The Labute approximate surface area is 114 Å². The average molecular weight is 260 g/mol. The Bertz CT molecular complexity index is 443. The molecule has 1 saturated heterocycles. The third-order valence-corrected chi connectivity index (χ3v) is 2.82. The molecule has 102 valence electrons. The third-order valence-electron chi connectivity index (χ3n) is 2.82. The molecule has 0 amide bonds. The van der Waals surface area contributed by atoms with Crippen LogP contribution in [0.25, 0.3) is 0 Å². The normalized spacial score (nSPS) is 25.3. The van der Waals surface area contributed by atoms with Gasteiger partial charge in [-0.15, -0.1) is 6.58 Å². The number of rotatable bonds is 4. The minimum Gasteiger partial charge on any atom is -0.342 e. The second kappa shape index (κ2) is 6.50. The minimum atomic E-state index is -0.327. The molecule has 0 N–H and O–H groups in total. The van der Waals surface area contributed by atoms with Gasteiger partial charge in [0, 0.05) is 19.7 Å². The van der Waals surface area contributed by atoms with Crippen LogP contribution in [-0.2, 0) is 9.47 Å². The van der Waals surface area contributed by atoms with Gasteiger partial charge >= 0.3 is 0 Å². The molecule has 19 heavy (non-hydrogen) atoms. The second-order valence-electron chi connectivity index (χ2n) is 4.64. The summed E-state index contributed by atoms with van der Waals surface area (Å²) in [5.74, 6) is 0. The lowest BCUT2D eigenvalue weighted by Gasteiger charge is -2.31. The Kier molecular flexibility index (Phi) is 4.71. The number of benzene rings is 1. The van der Waals surface area contributed by atoms with Crippen LogP contribution < -0.4 is 0 Å². The number of hydrazone groups is 1. The lowest BCUT2D eigenvalue weighted by Crippen LogP contribution is -2.37. The molecule has 0 saturated carbocycles. The van der Waals surface area contributed by atoms with Crippen LogP contribution in [0.3, 0.4) is 0 Å². The van der Waals surface area contributed by atoms with Gasteiger partial charge in [0.05, 0.1) is 12.3 Å². The largest absolute Gasteiger partial charge is 0.342 e. The highest BCUT2D eigenvalue weighted by molar-refractivity contribution is 5.90. The van der Waals surface area contributed by atoms with Crippen LogP contribution >= 0.6 is 0 Å². The Morgan fingerprint density at radius 3 is 2.74 bits per heavy atom. The quantitative estimate of drug-likeness (QED) is 0.616. The molecule has 0 unspecified atom stereocenters. The highest BCUT2D eigenvalue weighted by Gasteiger charge is 2.28. The molecule has 1 aliphatic rings. The van der Waals surface area contributed by atoms with E-state index in [0.29, 0.717) is 6.61 Å². The van der Waals surface area contributed by atoms with Crippen molar-refractivity contribution in [1.29, 1.82) is 0 Å². The predicted octanol–water partition coefficient (Wildman–Crippen LogP) is 2.59. The maximum absolute atomic E-state index is 5.98. The van der Waals surface area contributed by atoms with Crippen LogP contribution in [0, 0.1) is 0 Å². The fourth-order valence-electron chi connectivity index (χ4n) is 2.00. The lowest BCUT2D eigenvalue weighted by molar-refractivity contribution is -0.171. The van der Waals surface area contributed by atoms with E-state index in [1.54, 1.807) is 5.01 Å². The average Bonchev–Trinajstić information content (AvgIpc) is 2.41. The van der Waals surface area contributed by atoms with Gasteiger partial charge in [0.25, 0.3) is 0 Å². The fraction of sp³-hybridized carbons (Fsp3) is 0.400. The van der Waals surface area contributed by atoms with Gasteiger partial charge in [-0.05, 0) is 6.42 Å². The summed E-state index contributed by atoms with van der Waals surface area (Å²) >= 11 is 0. The first-order chi connectivity index (χ1) is 9.20. The summed E-state index contributed by atoms with van der Waals surface area (Å²) in [6.07, 6.45) is 2.19. The van der Waals surface area contributed by atoms with Crippen molar-refractivity contribution < 1.29 is 9.47 Å². The fourth-order valence-corrected chi connectivity index (χ4v) is 2.00. The Morgan fingerprint density at radius 2 is 2.11 bits per heavy atom. The second-order valence-corrected chi connectivity index (χ2v) is 4.64. The molecule has 1 heterocycles. The molecular formula is C15H20N2O2. The van der Waals surface area contributed by atoms with E-state index in [0.717, 1.165) is 17.7 Å². The summed E-state index contributed by atoms with van der Waals surface area (Å²) in [7, 11) is 3.78. The van der Waals surface area contributed by atoms with Crippen LogP contribution in [0.2, 0.25) is 0 Å². The maximum atomic E-state index is 5.98. The molecule has 4 heteroatoms. The summed E-state index contributed by atoms with van der Waals surface area (Å²) in [6.45, 7) is 4.26. The molecule has 2 atom stereocenters. The van der Waals surface area contributed by atoms with E-state index < -0.39 is 0 Å². The summed E-state index contributed by atoms with van der Waals surface area (Å²) in [4.78, 5) is 0. The van der Waals surface area contributed by atoms with Gasteiger partial charge in [-0.25, -0.2) is 0 Å². The molecule has 4 nitrogen and oxygen atoms in total. The Hall–Kier alpha value is -1.65. The van der Waals surface area contributed by atoms with Gasteiger partial charge < -0.3 is 14.5 Å². The molecule has 1 aromatic rings. The topological polar surface area (TPSA) is 34.1 Å². The van der Waals surface area contributed by atoms with E-state index in [1.807, 2.05) is 50.5 Å². The zero-order chi connectivity index (χ0) is 13.7. The smallest absolute Gasteiger partial charge is 0.185 e. The van der Waals surface area contributed by atoms with E-state index >= 15 is 0 Å². The highest BCUT2D eigenvalue weighted by atomic mass is 16.7. The molecular weight excluding hydrogens is 240 g/mol. The predicted molar refractivity (Wildman–Crippen MR) is 75.9 cm³/mol. The van der Waals surface area contributed by atoms with E-state index in [2.05, 4.69) is 11.7 Å². The van der Waals surface area contributed by atoms with Crippen molar-refractivity contribution in [2.24, 2.45) is 5.10 Å². The molecule has 0 spiro atoms. The molecule has 0 aromatic heterocycles. The van der Waals surface area contributed by atoms with Crippen molar-refractivity contribution in [3.63, 3.8) is 0 Å². The SMILES string of the molecule is C=CC[C@@H]1O[C@@H](c2ccccc2)OC/C1=N/N(C)C. The van der Waals surface area contributed by atoms with Crippen molar-refractivity contribution >= 4 is 5.71 Å². The summed E-state index contributed by atoms with van der Waals surface area (Å²) in [6, 6.07) is 9.95. The molecule has 0 aliphatic carbocycles. The first-order valence-electron chi connectivity index (χ1n) is 6.38. The molecule has 2 rings (SSSR count). The van der Waals surface area contributed by atoms with Gasteiger partial charge in [0.1, 0.15) is 6.10 Å². The summed E-state index contributed by atoms with van der Waals surface area (Å²) in [5, 5.41) is 6.18. The Morgan fingerprint density at radius 1 is 1.37 bits per heavy atom. The Balaban J connectivity index is 2.12. The molecule has 1 aromatic carbocycles. The van der Waals surface area contributed by atoms with Crippen molar-refractivity contribution in [1.82, 2.24) is 5.01 Å². The van der Waals surface area contributed by atoms with E-state index in [9.17, 15) is 0 Å². The number of nitrogens with zero attached hydrogens (tertiary/aromatic N) is 2. The van der Waals surface area contributed by atoms with Crippen LogP contribution in [0.5, 0.6) is 0 Å². The zero-order valence-corrected chi connectivity index (χ0v) is 11.5. The van der Waals surface area contributed by atoms with Crippen LogP contribution in [0.1, 0.15) is 18.3 Å². The van der Waals surface area contributed by atoms with E-state index in [1.165, 1.54) is 0 Å². The van der Waals surface area contributed by atoms with E-state index in [4.69, 9.17) is 9.47 Å². The standard InChI is InChI=1S/C15H20N2O2/c1-4-8-14-13(16-17(2)3)11-18-15(19-14)12-9-6-5-7-10-12/h4-7,9-10,14-15H,1,8,11H2,2-3H3/b16-13-/t14-,15-/m0/s1. The van der Waals surface area contributed by atoms with Crippen LogP contribution in [0.4, 0.5) is 0 Å². The van der Waals surface area contributed by atoms with Crippen molar-refractivity contribution in [3.8, 4) is 0 Å². The summed E-state index contributed by atoms with van der Waals surface area (Å²) in [5.41, 5.74) is 1.93. The monoisotopic (exact) mass is 260 g/mol. The molecule has 1 aliphatic heterocycles. The van der Waals surface area contributed by atoms with E-state index in [-0.39, 0.29) is 12.4 Å². The van der Waals surface area contributed by atoms with Gasteiger partial charge in [0.2, 0.25) is 0 Å². The van der Waals surface area contributed by atoms with Gasteiger partial charge in [-0.1, -0.05) is 36.4 Å². The molecule has 1 fully saturated rings. The zero-order valence-electron chi connectivity index (χ0n) is 11.5. The van der Waals surface area contributed by atoms with Crippen molar-refractivity contribution in [2.45, 2.75) is 18.8 Å². The maximum Gasteiger partial charge on any atom is 0.185 e. The van der Waals surface area contributed by atoms with Gasteiger partial charge in [-0.2, -0.15) is 5.10 Å². The third kappa shape index (κ3) is 3.66. The minimum absolute atomic E-state index is 0.0705. The highest BCUT2D eigenvalue weighted by Crippen LogP contribution is 2.26. The van der Waals surface area contributed by atoms with Gasteiger partial charge in [0.15, 0.2) is 6.29 Å². The first kappa shape index (κ1) is 13.8. The summed E-state index contributed by atoms with van der Waals surface area (Å²) < 4.78 is 11.7. The lowest BCUT2D eigenvalue weighted by atomic mass is 10.1.